The predicted molar refractivity (Wildman–Crippen MR) is 78.3 cm³/mol. The van der Waals surface area contributed by atoms with Crippen molar-refractivity contribution in [3.8, 4) is 0 Å². The van der Waals surface area contributed by atoms with Crippen LogP contribution in [0.2, 0.25) is 0 Å². The molecule has 0 bridgehead atoms. The Labute approximate surface area is 110 Å². The van der Waals surface area contributed by atoms with Gasteiger partial charge in [-0.15, -0.1) is 0 Å². The van der Waals surface area contributed by atoms with Gasteiger partial charge in [-0.1, -0.05) is 24.3 Å². The number of allylic oxidation sites excluding steroid dienone is 4. The minimum atomic E-state index is -0.0681. The SMILES string of the molecule is C/C=C\C(=C/C)C1=N/C(=C/C)C(=NCC)OC1C. The fourth-order valence-electron chi connectivity index (χ4n) is 1.81. The normalized spacial score (nSPS) is 25.7. The van der Waals surface area contributed by atoms with E-state index < -0.39 is 0 Å². The first-order valence-electron chi connectivity index (χ1n) is 6.43. The number of aliphatic imine (C=N–C) groups is 2. The summed E-state index contributed by atoms with van der Waals surface area (Å²) in [6.45, 7) is 10.7. The Kier molecular flexibility index (Phi) is 5.56. The summed E-state index contributed by atoms with van der Waals surface area (Å²) in [4.78, 5) is 9.01. The van der Waals surface area contributed by atoms with Crippen LogP contribution in [0.4, 0.5) is 0 Å². The van der Waals surface area contributed by atoms with E-state index in [4.69, 9.17) is 4.74 Å². The van der Waals surface area contributed by atoms with Crippen LogP contribution in [0.1, 0.15) is 34.6 Å². The van der Waals surface area contributed by atoms with E-state index in [1.165, 1.54) is 0 Å². The van der Waals surface area contributed by atoms with Crippen molar-refractivity contribution in [3.63, 3.8) is 0 Å². The van der Waals surface area contributed by atoms with Crippen LogP contribution in [0.5, 0.6) is 0 Å². The summed E-state index contributed by atoms with van der Waals surface area (Å²) in [7, 11) is 0. The summed E-state index contributed by atoms with van der Waals surface area (Å²) in [6.07, 6.45) is 7.97. The molecule has 98 valence electrons. The minimum absolute atomic E-state index is 0.0681. The summed E-state index contributed by atoms with van der Waals surface area (Å²) in [5, 5.41) is 0. The van der Waals surface area contributed by atoms with Crippen molar-refractivity contribution in [1.29, 1.82) is 0 Å². The molecule has 1 rings (SSSR count). The summed E-state index contributed by atoms with van der Waals surface area (Å²) in [5.74, 6) is 0.646. The summed E-state index contributed by atoms with van der Waals surface area (Å²) < 4.78 is 5.85. The van der Waals surface area contributed by atoms with Crippen molar-refractivity contribution < 1.29 is 4.74 Å². The number of hydrogen-bond donors (Lipinski definition) is 0. The van der Waals surface area contributed by atoms with Crippen molar-refractivity contribution in [1.82, 2.24) is 0 Å². The van der Waals surface area contributed by atoms with Gasteiger partial charge in [0.05, 0.1) is 5.71 Å². The summed E-state index contributed by atoms with van der Waals surface area (Å²) in [5.41, 5.74) is 2.87. The van der Waals surface area contributed by atoms with Crippen molar-refractivity contribution >= 4 is 11.6 Å². The maximum absolute atomic E-state index is 5.85. The molecule has 0 fully saturated rings. The molecule has 1 unspecified atom stereocenters. The molecule has 3 heteroatoms. The summed E-state index contributed by atoms with van der Waals surface area (Å²) in [6, 6.07) is 0. The van der Waals surface area contributed by atoms with Crippen molar-refractivity contribution in [2.24, 2.45) is 9.98 Å². The molecule has 0 saturated carbocycles. The Bertz CT molecular complexity index is 439. The number of nitrogens with zero attached hydrogens (tertiary/aromatic N) is 2. The van der Waals surface area contributed by atoms with Crippen molar-refractivity contribution in [2.75, 3.05) is 6.54 Å². The molecule has 1 heterocycles. The quantitative estimate of drug-likeness (QED) is 0.699. The highest BCUT2D eigenvalue weighted by Gasteiger charge is 2.24. The maximum Gasteiger partial charge on any atom is 0.235 e. The molecule has 1 aliphatic rings. The van der Waals surface area contributed by atoms with Gasteiger partial charge in [-0.2, -0.15) is 0 Å². The number of hydrogen-bond acceptors (Lipinski definition) is 3. The maximum atomic E-state index is 5.85. The fourth-order valence-corrected chi connectivity index (χ4v) is 1.81. The molecule has 1 atom stereocenters. The standard InChI is InChI=1S/C15H22N2O/c1-6-10-12(7-2)14-11(5)18-15(16-9-4)13(8-3)17-14/h6-8,10-11H,9H2,1-5H3/b10-6-,12-7+,13-8+,16-15?. The molecular formula is C15H22N2O. The average molecular weight is 246 g/mol. The highest BCUT2D eigenvalue weighted by molar-refractivity contribution is 6.12. The number of rotatable bonds is 3. The van der Waals surface area contributed by atoms with Gasteiger partial charge >= 0.3 is 0 Å². The number of ether oxygens (including phenoxy) is 1. The van der Waals surface area contributed by atoms with Gasteiger partial charge in [0.1, 0.15) is 11.8 Å². The first-order chi connectivity index (χ1) is 8.67. The van der Waals surface area contributed by atoms with Gasteiger partial charge in [-0.3, -0.25) is 4.99 Å². The lowest BCUT2D eigenvalue weighted by molar-refractivity contribution is 0.267. The third kappa shape index (κ3) is 3.19. The van der Waals surface area contributed by atoms with E-state index in [2.05, 4.69) is 9.98 Å². The molecule has 0 aliphatic carbocycles. The highest BCUT2D eigenvalue weighted by atomic mass is 16.5. The first-order valence-corrected chi connectivity index (χ1v) is 6.43. The zero-order valence-electron chi connectivity index (χ0n) is 11.9. The Morgan fingerprint density at radius 3 is 2.61 bits per heavy atom. The molecule has 0 aromatic rings. The smallest absolute Gasteiger partial charge is 0.235 e. The van der Waals surface area contributed by atoms with Gasteiger partial charge in [0.25, 0.3) is 0 Å². The second-order valence-electron chi connectivity index (χ2n) is 3.95. The molecule has 0 amide bonds. The van der Waals surface area contributed by atoms with Gasteiger partial charge in [0.2, 0.25) is 5.90 Å². The molecule has 3 nitrogen and oxygen atoms in total. The monoisotopic (exact) mass is 246 g/mol. The Morgan fingerprint density at radius 1 is 1.39 bits per heavy atom. The fraction of sp³-hybridized carbons (Fsp3) is 0.467. The second kappa shape index (κ2) is 6.94. The molecule has 0 radical (unpaired) electrons. The Hall–Kier alpha value is -1.64. The van der Waals surface area contributed by atoms with E-state index in [1.54, 1.807) is 0 Å². The molecule has 0 aromatic carbocycles. The zero-order chi connectivity index (χ0) is 13.5. The van der Waals surface area contributed by atoms with Gasteiger partial charge in [-0.05, 0) is 40.2 Å². The Balaban J connectivity index is 3.19. The van der Waals surface area contributed by atoms with E-state index in [0.717, 1.165) is 17.0 Å². The van der Waals surface area contributed by atoms with Crippen LogP contribution in [0.3, 0.4) is 0 Å². The molecule has 0 saturated heterocycles. The van der Waals surface area contributed by atoms with Crippen LogP contribution in [-0.4, -0.2) is 24.3 Å². The third-order valence-electron chi connectivity index (χ3n) is 2.66. The largest absolute Gasteiger partial charge is 0.467 e. The zero-order valence-corrected chi connectivity index (χ0v) is 11.9. The van der Waals surface area contributed by atoms with E-state index >= 15 is 0 Å². The molecule has 0 spiro atoms. The van der Waals surface area contributed by atoms with Crippen molar-refractivity contribution in [3.05, 3.63) is 35.6 Å². The molecule has 0 N–H and O–H groups in total. The minimum Gasteiger partial charge on any atom is -0.467 e. The van der Waals surface area contributed by atoms with Gasteiger partial charge < -0.3 is 4.74 Å². The van der Waals surface area contributed by atoms with Crippen LogP contribution in [0.25, 0.3) is 0 Å². The lowest BCUT2D eigenvalue weighted by atomic mass is 10.0. The van der Waals surface area contributed by atoms with Gasteiger partial charge in [0, 0.05) is 6.54 Å². The van der Waals surface area contributed by atoms with Crippen LogP contribution in [-0.2, 0) is 4.74 Å². The van der Waals surface area contributed by atoms with Crippen LogP contribution in [0.15, 0.2) is 45.6 Å². The van der Waals surface area contributed by atoms with Crippen LogP contribution < -0.4 is 0 Å². The second-order valence-corrected chi connectivity index (χ2v) is 3.95. The van der Waals surface area contributed by atoms with E-state index in [9.17, 15) is 0 Å². The van der Waals surface area contributed by atoms with Crippen molar-refractivity contribution in [2.45, 2.75) is 40.7 Å². The average Bonchev–Trinajstić information content (AvgIpc) is 2.37. The first kappa shape index (κ1) is 14.4. The predicted octanol–water partition coefficient (Wildman–Crippen LogP) is 3.69. The summed E-state index contributed by atoms with van der Waals surface area (Å²) >= 11 is 0. The van der Waals surface area contributed by atoms with Gasteiger partial charge in [0.15, 0.2) is 0 Å². The van der Waals surface area contributed by atoms with Crippen LogP contribution in [0, 0.1) is 0 Å². The third-order valence-corrected chi connectivity index (χ3v) is 2.66. The Morgan fingerprint density at radius 2 is 2.11 bits per heavy atom. The molecule has 0 aromatic heterocycles. The van der Waals surface area contributed by atoms with Gasteiger partial charge in [-0.25, -0.2) is 4.99 Å². The highest BCUT2D eigenvalue weighted by Crippen LogP contribution is 2.19. The topological polar surface area (TPSA) is 34.0 Å². The molecule has 1 aliphatic heterocycles. The van der Waals surface area contributed by atoms with E-state index in [-0.39, 0.29) is 6.10 Å². The van der Waals surface area contributed by atoms with E-state index in [1.807, 2.05) is 58.9 Å². The van der Waals surface area contributed by atoms with E-state index in [0.29, 0.717) is 12.4 Å². The lowest BCUT2D eigenvalue weighted by Gasteiger charge is -2.24. The van der Waals surface area contributed by atoms with Crippen LogP contribution >= 0.6 is 0 Å². The molecule has 18 heavy (non-hydrogen) atoms. The lowest BCUT2D eigenvalue weighted by Crippen LogP contribution is -2.31. The molecular weight excluding hydrogens is 224 g/mol.